The Morgan fingerprint density at radius 3 is 2.62 bits per heavy atom. The normalized spacial score (nSPS) is 12.5. The van der Waals surface area contributed by atoms with Gasteiger partial charge >= 0.3 is 0 Å². The van der Waals surface area contributed by atoms with Gasteiger partial charge in [-0.2, -0.15) is 5.10 Å². The van der Waals surface area contributed by atoms with E-state index in [9.17, 15) is 0 Å². The third-order valence-electron chi connectivity index (χ3n) is 3.92. The highest BCUT2D eigenvalue weighted by atomic mass is 79.9. The molecule has 0 aliphatic rings. The highest BCUT2D eigenvalue weighted by Crippen LogP contribution is 2.28. The molecule has 2 rings (SSSR count). The fourth-order valence-corrected chi connectivity index (χ4v) is 2.96. The Labute approximate surface area is 134 Å². The van der Waals surface area contributed by atoms with Crippen LogP contribution >= 0.6 is 15.9 Å². The van der Waals surface area contributed by atoms with E-state index in [0.29, 0.717) is 0 Å². The van der Waals surface area contributed by atoms with Gasteiger partial charge in [-0.3, -0.25) is 4.68 Å². The minimum Gasteiger partial charge on any atom is -0.496 e. The zero-order chi connectivity index (χ0) is 15.6. The van der Waals surface area contributed by atoms with Gasteiger partial charge in [0, 0.05) is 30.9 Å². The third kappa shape index (κ3) is 3.47. The van der Waals surface area contributed by atoms with Crippen molar-refractivity contribution in [1.29, 1.82) is 0 Å². The minimum atomic E-state index is 0.256. The van der Waals surface area contributed by atoms with Gasteiger partial charge in [-0.1, -0.05) is 6.07 Å². The summed E-state index contributed by atoms with van der Waals surface area (Å²) in [5, 5.41) is 8.01. The van der Waals surface area contributed by atoms with E-state index in [4.69, 9.17) is 4.74 Å². The lowest BCUT2D eigenvalue weighted by Crippen LogP contribution is -2.19. The lowest BCUT2D eigenvalue weighted by atomic mass is 10.1. The molecule has 0 saturated carbocycles. The van der Waals surface area contributed by atoms with E-state index in [1.54, 1.807) is 7.11 Å². The van der Waals surface area contributed by atoms with Crippen molar-refractivity contribution >= 4 is 15.9 Å². The van der Waals surface area contributed by atoms with Gasteiger partial charge in [0.15, 0.2) is 0 Å². The zero-order valence-corrected chi connectivity index (χ0v) is 14.8. The van der Waals surface area contributed by atoms with Crippen LogP contribution in [0.25, 0.3) is 0 Å². The first-order valence-corrected chi connectivity index (χ1v) is 7.79. The molecule has 0 amide bonds. The van der Waals surface area contributed by atoms with Crippen LogP contribution in [0.4, 0.5) is 0 Å². The summed E-state index contributed by atoms with van der Waals surface area (Å²) >= 11 is 3.53. The van der Waals surface area contributed by atoms with E-state index in [0.717, 1.165) is 22.5 Å². The van der Waals surface area contributed by atoms with Crippen molar-refractivity contribution in [1.82, 2.24) is 15.1 Å². The molecule has 0 spiro atoms. The lowest BCUT2D eigenvalue weighted by Gasteiger charge is -2.16. The number of hydrogen-bond acceptors (Lipinski definition) is 3. The van der Waals surface area contributed by atoms with Crippen LogP contribution in [-0.2, 0) is 13.6 Å². The second-order valence-electron chi connectivity index (χ2n) is 5.27. The number of methoxy groups -OCH3 is 1. The van der Waals surface area contributed by atoms with Gasteiger partial charge in [0.05, 0.1) is 17.3 Å². The van der Waals surface area contributed by atoms with Crippen LogP contribution in [0.15, 0.2) is 22.7 Å². The summed E-state index contributed by atoms with van der Waals surface area (Å²) in [7, 11) is 3.66. The number of rotatable bonds is 5. The Bertz CT molecular complexity index is 637. The molecule has 4 nitrogen and oxygen atoms in total. The van der Waals surface area contributed by atoms with Gasteiger partial charge in [0.1, 0.15) is 5.75 Å². The van der Waals surface area contributed by atoms with Crippen LogP contribution in [0.1, 0.15) is 35.5 Å². The van der Waals surface area contributed by atoms with Crippen LogP contribution in [0, 0.1) is 13.8 Å². The standard InChI is InChI=1S/C16H22BrN3O/c1-10(13-6-7-16(21-5)15(17)8-13)18-9-14-11(2)19-20(4)12(14)3/h6-8,10,18H,9H2,1-5H3. The quantitative estimate of drug-likeness (QED) is 0.893. The van der Waals surface area contributed by atoms with Gasteiger partial charge in [-0.15, -0.1) is 0 Å². The van der Waals surface area contributed by atoms with Crippen LogP contribution in [0.2, 0.25) is 0 Å². The van der Waals surface area contributed by atoms with Crippen LogP contribution in [-0.4, -0.2) is 16.9 Å². The molecule has 0 bridgehead atoms. The number of aromatic nitrogens is 2. The second kappa shape index (κ2) is 6.62. The minimum absolute atomic E-state index is 0.256. The average molecular weight is 352 g/mol. The number of benzene rings is 1. The number of ether oxygens (including phenoxy) is 1. The van der Waals surface area contributed by atoms with E-state index >= 15 is 0 Å². The molecule has 1 aromatic carbocycles. The van der Waals surface area contributed by atoms with E-state index in [2.05, 4.69) is 59.2 Å². The Morgan fingerprint density at radius 2 is 2.10 bits per heavy atom. The van der Waals surface area contributed by atoms with Crippen molar-refractivity contribution in [2.75, 3.05) is 7.11 Å². The number of nitrogens with one attached hydrogen (secondary N) is 1. The molecule has 2 aromatic rings. The Balaban J connectivity index is 2.08. The number of halogens is 1. The van der Waals surface area contributed by atoms with Gasteiger partial charge in [-0.05, 0) is 54.4 Å². The van der Waals surface area contributed by atoms with Crippen LogP contribution in [0.3, 0.4) is 0 Å². The highest BCUT2D eigenvalue weighted by Gasteiger charge is 2.12. The van der Waals surface area contributed by atoms with Crippen molar-refractivity contribution in [3.05, 3.63) is 45.2 Å². The number of nitrogens with zero attached hydrogens (tertiary/aromatic N) is 2. The summed E-state index contributed by atoms with van der Waals surface area (Å²) in [6, 6.07) is 6.42. The molecule has 1 heterocycles. The molecule has 1 N–H and O–H groups in total. The molecule has 0 radical (unpaired) electrons. The van der Waals surface area contributed by atoms with Gasteiger partial charge in [0.2, 0.25) is 0 Å². The first-order chi connectivity index (χ1) is 9.93. The maximum atomic E-state index is 5.26. The predicted octanol–water partition coefficient (Wildman–Crippen LogP) is 3.66. The molecular formula is C16H22BrN3O. The molecule has 1 aromatic heterocycles. The first-order valence-electron chi connectivity index (χ1n) is 7.00. The molecule has 0 fully saturated rings. The monoisotopic (exact) mass is 351 g/mol. The molecule has 5 heteroatoms. The van der Waals surface area contributed by atoms with Crippen molar-refractivity contribution in [3.8, 4) is 5.75 Å². The highest BCUT2D eigenvalue weighted by molar-refractivity contribution is 9.10. The van der Waals surface area contributed by atoms with E-state index in [1.165, 1.54) is 16.8 Å². The third-order valence-corrected chi connectivity index (χ3v) is 4.54. The maximum Gasteiger partial charge on any atom is 0.133 e. The summed E-state index contributed by atoms with van der Waals surface area (Å²) in [5.74, 6) is 0.852. The largest absolute Gasteiger partial charge is 0.496 e. The Hall–Kier alpha value is -1.33. The van der Waals surface area contributed by atoms with Crippen LogP contribution in [0.5, 0.6) is 5.75 Å². The van der Waals surface area contributed by atoms with Crippen molar-refractivity contribution in [2.24, 2.45) is 7.05 Å². The van der Waals surface area contributed by atoms with Crippen molar-refractivity contribution in [2.45, 2.75) is 33.4 Å². The SMILES string of the molecule is COc1ccc(C(C)NCc2c(C)nn(C)c2C)cc1Br. The predicted molar refractivity (Wildman–Crippen MR) is 88.6 cm³/mol. The molecule has 0 aliphatic heterocycles. The van der Waals surface area contributed by atoms with E-state index < -0.39 is 0 Å². The molecule has 0 aliphatic carbocycles. The molecule has 1 atom stereocenters. The molecule has 21 heavy (non-hydrogen) atoms. The summed E-state index contributed by atoms with van der Waals surface area (Å²) in [5.41, 5.74) is 4.80. The molecule has 1 unspecified atom stereocenters. The van der Waals surface area contributed by atoms with Gasteiger partial charge < -0.3 is 10.1 Å². The maximum absolute atomic E-state index is 5.26. The molecule has 114 valence electrons. The summed E-state index contributed by atoms with van der Waals surface area (Å²) in [6.45, 7) is 7.13. The summed E-state index contributed by atoms with van der Waals surface area (Å²) < 4.78 is 8.17. The summed E-state index contributed by atoms with van der Waals surface area (Å²) in [4.78, 5) is 0. The Morgan fingerprint density at radius 1 is 1.38 bits per heavy atom. The van der Waals surface area contributed by atoms with Gasteiger partial charge in [0.25, 0.3) is 0 Å². The number of aryl methyl sites for hydroxylation is 2. The Kier molecular flexibility index (Phi) is 5.06. The first kappa shape index (κ1) is 16.0. The van der Waals surface area contributed by atoms with Gasteiger partial charge in [-0.25, -0.2) is 0 Å². The number of hydrogen-bond donors (Lipinski definition) is 1. The van der Waals surface area contributed by atoms with E-state index in [1.807, 2.05) is 17.8 Å². The second-order valence-corrected chi connectivity index (χ2v) is 6.12. The molecular weight excluding hydrogens is 330 g/mol. The fourth-order valence-electron chi connectivity index (χ4n) is 2.40. The lowest BCUT2D eigenvalue weighted by molar-refractivity contribution is 0.411. The fraction of sp³-hybridized carbons (Fsp3) is 0.438. The molecule has 0 saturated heterocycles. The average Bonchev–Trinajstić information content (AvgIpc) is 2.69. The summed E-state index contributed by atoms with van der Waals surface area (Å²) in [6.07, 6.45) is 0. The smallest absolute Gasteiger partial charge is 0.133 e. The van der Waals surface area contributed by atoms with Crippen molar-refractivity contribution in [3.63, 3.8) is 0 Å². The van der Waals surface area contributed by atoms with E-state index in [-0.39, 0.29) is 6.04 Å². The zero-order valence-electron chi connectivity index (χ0n) is 13.2. The van der Waals surface area contributed by atoms with Crippen molar-refractivity contribution < 1.29 is 4.74 Å². The topological polar surface area (TPSA) is 39.1 Å². The van der Waals surface area contributed by atoms with Crippen LogP contribution < -0.4 is 10.1 Å².